The Morgan fingerprint density at radius 1 is 0.307 bits per heavy atom. The number of carbonyl (C=O) groups is 4. The minimum absolute atomic E-state index is 0.103. The largest absolute Gasteiger partial charge is 0.472 e. The van der Waals surface area contributed by atoms with Gasteiger partial charge in [-0.3, -0.25) is 37.3 Å². The summed E-state index contributed by atoms with van der Waals surface area (Å²) in [6, 6.07) is 0. The summed E-state index contributed by atoms with van der Waals surface area (Å²) < 4.78 is 68.2. The van der Waals surface area contributed by atoms with E-state index in [9.17, 15) is 43.2 Å². The molecule has 0 fully saturated rings. The zero-order valence-corrected chi connectivity index (χ0v) is 59.0. The number of phosphoric ester groups is 2. The molecule has 0 saturated heterocycles. The van der Waals surface area contributed by atoms with Crippen molar-refractivity contribution in [3.63, 3.8) is 0 Å². The zero-order chi connectivity index (χ0) is 65.2. The first kappa shape index (κ1) is 86.1. The van der Waals surface area contributed by atoms with E-state index in [0.717, 1.165) is 102 Å². The summed E-state index contributed by atoms with van der Waals surface area (Å²) in [6.07, 6.45) is 43.2. The van der Waals surface area contributed by atoms with E-state index in [0.29, 0.717) is 31.6 Å². The normalized spacial score (nSPS) is 14.2. The van der Waals surface area contributed by atoms with Gasteiger partial charge in [0.05, 0.1) is 26.4 Å². The molecule has 0 spiro atoms. The molecule has 0 heterocycles. The van der Waals surface area contributed by atoms with Crippen LogP contribution in [0.3, 0.4) is 0 Å². The number of rotatable bonds is 67. The third-order valence-electron chi connectivity index (χ3n) is 15.9. The number of carbonyl (C=O) groups excluding carboxylic acids is 4. The van der Waals surface area contributed by atoms with Crippen LogP contribution in [0, 0.1) is 17.8 Å². The summed E-state index contributed by atoms with van der Waals surface area (Å²) in [5, 5.41) is 10.6. The van der Waals surface area contributed by atoms with E-state index in [1.807, 2.05) is 0 Å². The van der Waals surface area contributed by atoms with Crippen molar-refractivity contribution in [1.29, 1.82) is 0 Å². The fourth-order valence-corrected chi connectivity index (χ4v) is 11.9. The van der Waals surface area contributed by atoms with Gasteiger partial charge in [0.1, 0.15) is 19.3 Å². The van der Waals surface area contributed by atoms with Gasteiger partial charge in [-0.2, -0.15) is 0 Å². The average Bonchev–Trinajstić information content (AvgIpc) is 3.40. The lowest BCUT2D eigenvalue weighted by Gasteiger charge is -2.21. The molecule has 3 N–H and O–H groups in total. The molecule has 0 saturated carbocycles. The molecule has 0 aliphatic heterocycles. The van der Waals surface area contributed by atoms with Crippen LogP contribution in [0.4, 0.5) is 0 Å². The maximum absolute atomic E-state index is 13.0. The summed E-state index contributed by atoms with van der Waals surface area (Å²) in [4.78, 5) is 72.4. The fourth-order valence-electron chi connectivity index (χ4n) is 10.4. The molecule has 0 radical (unpaired) electrons. The Kier molecular flexibility index (Phi) is 58.7. The summed E-state index contributed by atoms with van der Waals surface area (Å²) in [7, 11) is -9.90. The number of hydrogen-bond acceptors (Lipinski definition) is 15. The second-order valence-electron chi connectivity index (χ2n) is 26.3. The van der Waals surface area contributed by atoms with Gasteiger partial charge in [-0.25, -0.2) is 9.13 Å². The molecule has 0 aliphatic rings. The first-order chi connectivity index (χ1) is 42.2. The van der Waals surface area contributed by atoms with Crippen molar-refractivity contribution in [2.24, 2.45) is 17.8 Å². The van der Waals surface area contributed by atoms with Crippen molar-refractivity contribution >= 4 is 39.5 Å². The molecule has 0 bridgehead atoms. The molecule has 88 heavy (non-hydrogen) atoms. The van der Waals surface area contributed by atoms with Crippen molar-refractivity contribution in [2.45, 2.75) is 362 Å². The summed E-state index contributed by atoms with van der Waals surface area (Å²) in [5.41, 5.74) is 0. The molecular weight excluding hydrogens is 1160 g/mol. The van der Waals surface area contributed by atoms with Gasteiger partial charge in [0.2, 0.25) is 0 Å². The van der Waals surface area contributed by atoms with Crippen molar-refractivity contribution in [3.05, 3.63) is 0 Å². The predicted octanol–water partition coefficient (Wildman–Crippen LogP) is 19.5. The number of ether oxygens (including phenoxy) is 4. The van der Waals surface area contributed by atoms with Crippen LogP contribution in [0.15, 0.2) is 0 Å². The van der Waals surface area contributed by atoms with Gasteiger partial charge in [0.25, 0.3) is 0 Å². The number of hydrogen-bond donors (Lipinski definition) is 3. The summed E-state index contributed by atoms with van der Waals surface area (Å²) in [6.45, 7) is 11.8. The van der Waals surface area contributed by atoms with Crippen LogP contribution in [-0.2, 0) is 65.4 Å². The number of aliphatic hydroxyl groups excluding tert-OH is 1. The van der Waals surface area contributed by atoms with Crippen LogP contribution in [0.25, 0.3) is 0 Å². The molecule has 19 heteroatoms. The first-order valence-electron chi connectivity index (χ1n) is 35.8. The predicted molar refractivity (Wildman–Crippen MR) is 354 cm³/mol. The van der Waals surface area contributed by atoms with Crippen LogP contribution < -0.4 is 0 Å². The molecule has 0 aromatic rings. The Hall–Kier alpha value is -1.94. The van der Waals surface area contributed by atoms with E-state index in [2.05, 4.69) is 48.5 Å². The van der Waals surface area contributed by atoms with Crippen LogP contribution in [0.5, 0.6) is 0 Å². The van der Waals surface area contributed by atoms with E-state index >= 15 is 0 Å². The van der Waals surface area contributed by atoms with Gasteiger partial charge in [0.15, 0.2) is 12.2 Å². The van der Waals surface area contributed by atoms with Crippen LogP contribution >= 0.6 is 15.6 Å². The van der Waals surface area contributed by atoms with Crippen LogP contribution in [-0.4, -0.2) is 96.7 Å². The highest BCUT2D eigenvalue weighted by molar-refractivity contribution is 7.47. The van der Waals surface area contributed by atoms with Gasteiger partial charge >= 0.3 is 39.5 Å². The third kappa shape index (κ3) is 62.8. The molecule has 17 nitrogen and oxygen atoms in total. The highest BCUT2D eigenvalue weighted by Gasteiger charge is 2.30. The molecule has 522 valence electrons. The van der Waals surface area contributed by atoms with Crippen molar-refractivity contribution < 1.29 is 80.2 Å². The maximum Gasteiger partial charge on any atom is 0.472 e. The molecule has 0 aromatic carbocycles. The van der Waals surface area contributed by atoms with E-state index in [1.165, 1.54) is 154 Å². The van der Waals surface area contributed by atoms with Gasteiger partial charge < -0.3 is 33.8 Å². The lowest BCUT2D eigenvalue weighted by atomic mass is 10.0. The number of aliphatic hydroxyl groups is 1. The fraction of sp³-hybridized carbons (Fsp3) is 0.942. The van der Waals surface area contributed by atoms with Crippen molar-refractivity contribution in [3.8, 4) is 0 Å². The average molecular weight is 1300 g/mol. The van der Waals surface area contributed by atoms with Gasteiger partial charge in [-0.05, 0) is 43.4 Å². The molecule has 0 rings (SSSR count). The lowest BCUT2D eigenvalue weighted by Crippen LogP contribution is -2.30. The Morgan fingerprint density at radius 2 is 0.523 bits per heavy atom. The van der Waals surface area contributed by atoms with Gasteiger partial charge in [-0.15, -0.1) is 0 Å². The maximum atomic E-state index is 13.0. The standard InChI is InChI=1S/C69H134O17P2/c1-8-9-10-11-12-13-21-29-36-43-50-66(71)79-57-65(86-69(74)53-46-39-32-25-28-35-42-49-62(6)7)59-84-88(77,78)82-55-63(70)54-81-87(75,76)83-58-64(56-80-67(72)51-44-37-30-24-23-27-34-41-48-61(4)5)85-68(73)52-45-38-31-22-19-17-15-14-16-18-20-26-33-40-47-60(2)3/h60-65,70H,8-59H2,1-7H3,(H,75,76)(H,77,78)/t63-,64-,65-/m1/s1. The van der Waals surface area contributed by atoms with E-state index < -0.39 is 97.5 Å². The Labute approximate surface area is 537 Å². The number of esters is 4. The monoisotopic (exact) mass is 1300 g/mol. The van der Waals surface area contributed by atoms with Gasteiger partial charge in [-0.1, -0.05) is 292 Å². The van der Waals surface area contributed by atoms with Crippen molar-refractivity contribution in [2.75, 3.05) is 39.6 Å². The van der Waals surface area contributed by atoms with Crippen molar-refractivity contribution in [1.82, 2.24) is 0 Å². The summed E-state index contributed by atoms with van der Waals surface area (Å²) >= 11 is 0. The molecular formula is C69H134O17P2. The highest BCUT2D eigenvalue weighted by Crippen LogP contribution is 2.45. The molecule has 0 aromatic heterocycles. The highest BCUT2D eigenvalue weighted by atomic mass is 31.2. The second-order valence-corrected chi connectivity index (χ2v) is 29.3. The van der Waals surface area contributed by atoms with E-state index in [-0.39, 0.29) is 25.7 Å². The van der Waals surface area contributed by atoms with Crippen LogP contribution in [0.1, 0.15) is 344 Å². The molecule has 0 amide bonds. The second kappa shape index (κ2) is 60.0. The Morgan fingerprint density at radius 3 is 0.773 bits per heavy atom. The molecule has 0 aliphatic carbocycles. The topological polar surface area (TPSA) is 237 Å². The van der Waals surface area contributed by atoms with E-state index in [1.54, 1.807) is 0 Å². The smallest absolute Gasteiger partial charge is 0.462 e. The molecule has 2 unspecified atom stereocenters. The van der Waals surface area contributed by atoms with E-state index in [4.69, 9.17) is 37.0 Å². The van der Waals surface area contributed by atoms with Crippen LogP contribution in [0.2, 0.25) is 0 Å². The Balaban J connectivity index is 5.22. The molecule has 5 atom stereocenters. The number of unbranched alkanes of at least 4 members (excludes halogenated alkanes) is 35. The zero-order valence-electron chi connectivity index (χ0n) is 57.2. The minimum Gasteiger partial charge on any atom is -0.462 e. The quantitative estimate of drug-likeness (QED) is 0.0222. The lowest BCUT2D eigenvalue weighted by molar-refractivity contribution is -0.161. The minimum atomic E-state index is -4.95. The van der Waals surface area contributed by atoms with Gasteiger partial charge in [0, 0.05) is 25.7 Å². The third-order valence-corrected chi connectivity index (χ3v) is 17.8. The Bertz CT molecular complexity index is 1730. The SMILES string of the molecule is CCCCCCCCCCCCC(=O)OC[C@H](COP(=O)(O)OC[C@H](O)COP(=O)(O)OC[C@@H](COC(=O)CCCCCCCCCCC(C)C)OC(=O)CCCCCCCCCCCCCCCCC(C)C)OC(=O)CCCCCCCCCC(C)C. The number of phosphoric acid groups is 2. The summed E-state index contributed by atoms with van der Waals surface area (Å²) in [5.74, 6) is 0.0868. The first-order valence-corrected chi connectivity index (χ1v) is 38.8.